The van der Waals surface area contributed by atoms with Gasteiger partial charge < -0.3 is 18.8 Å². The van der Waals surface area contributed by atoms with E-state index in [0.717, 1.165) is 34.7 Å². The smallest absolute Gasteiger partial charge is 0.298 e. The summed E-state index contributed by atoms with van der Waals surface area (Å²) in [7, 11) is 3.27. The van der Waals surface area contributed by atoms with Crippen molar-refractivity contribution >= 4 is 17.1 Å². The number of oxazole rings is 1. The molecule has 0 unspecified atom stereocenters. The van der Waals surface area contributed by atoms with Crippen LogP contribution in [0, 0.1) is 0 Å². The highest BCUT2D eigenvalue weighted by atomic mass is 16.5. The number of benzene rings is 2. The van der Waals surface area contributed by atoms with Gasteiger partial charge in [0.15, 0.2) is 17.1 Å². The topological polar surface area (TPSA) is 47.7 Å². The number of aromatic nitrogens is 1. The second kappa shape index (κ2) is 6.60. The highest BCUT2D eigenvalue weighted by Gasteiger charge is 2.14. The highest BCUT2D eigenvalue weighted by Crippen LogP contribution is 2.29. The number of hydrogen-bond acceptors (Lipinski definition) is 5. The second-order valence-corrected chi connectivity index (χ2v) is 5.17. The van der Waals surface area contributed by atoms with E-state index in [2.05, 4.69) is 16.8 Å². The minimum absolute atomic E-state index is 0.628. The molecule has 5 nitrogen and oxygen atoms in total. The lowest BCUT2D eigenvalue weighted by Crippen LogP contribution is -2.22. The molecule has 0 N–H and O–H groups in total. The summed E-state index contributed by atoms with van der Waals surface area (Å²) in [6, 6.07) is 14.3. The Morgan fingerprint density at radius 3 is 2.52 bits per heavy atom. The van der Waals surface area contributed by atoms with Crippen LogP contribution < -0.4 is 14.4 Å². The first-order chi connectivity index (χ1) is 11.2. The molecule has 0 aliphatic rings. The number of nitrogens with zero attached hydrogens (tertiary/aromatic N) is 2. The zero-order valence-electron chi connectivity index (χ0n) is 13.6. The van der Waals surface area contributed by atoms with E-state index in [-0.39, 0.29) is 0 Å². The molecule has 1 heterocycles. The lowest BCUT2D eigenvalue weighted by Gasteiger charge is -2.19. The molecule has 0 amide bonds. The van der Waals surface area contributed by atoms with E-state index in [1.807, 2.05) is 42.5 Å². The molecule has 3 rings (SSSR count). The molecule has 23 heavy (non-hydrogen) atoms. The van der Waals surface area contributed by atoms with Crippen LogP contribution in [0.25, 0.3) is 11.1 Å². The predicted octanol–water partition coefficient (Wildman–Crippen LogP) is 3.87. The zero-order chi connectivity index (χ0) is 16.2. The molecule has 1 aromatic heterocycles. The zero-order valence-corrected chi connectivity index (χ0v) is 13.6. The molecular weight excluding hydrogens is 292 g/mol. The number of hydrogen-bond donors (Lipinski definition) is 0. The SMILES string of the molecule is CCN(Cc1ccc(OC)c(OC)c1)c1nc2ccccc2o1. The van der Waals surface area contributed by atoms with Gasteiger partial charge in [-0.3, -0.25) is 0 Å². The fraction of sp³-hybridized carbons (Fsp3) is 0.278. The quantitative estimate of drug-likeness (QED) is 0.691. The van der Waals surface area contributed by atoms with Crippen molar-refractivity contribution in [3.8, 4) is 11.5 Å². The van der Waals surface area contributed by atoms with E-state index in [9.17, 15) is 0 Å². The van der Waals surface area contributed by atoms with Crippen LogP contribution in [0.15, 0.2) is 46.9 Å². The maximum Gasteiger partial charge on any atom is 0.298 e. The molecule has 0 radical (unpaired) electrons. The standard InChI is InChI=1S/C18H20N2O3/c1-4-20(18-19-14-7-5-6-8-15(14)23-18)12-13-9-10-16(21-2)17(11-13)22-3/h5-11H,4,12H2,1-3H3. The fourth-order valence-electron chi connectivity index (χ4n) is 2.51. The van der Waals surface area contributed by atoms with Crippen molar-refractivity contribution < 1.29 is 13.9 Å². The predicted molar refractivity (Wildman–Crippen MR) is 90.3 cm³/mol. The third kappa shape index (κ3) is 3.08. The Hall–Kier alpha value is -2.69. The van der Waals surface area contributed by atoms with Crippen LogP contribution in [0.4, 0.5) is 6.01 Å². The van der Waals surface area contributed by atoms with Gasteiger partial charge in [0.2, 0.25) is 0 Å². The summed E-state index contributed by atoms with van der Waals surface area (Å²) in [5.74, 6) is 1.44. The minimum Gasteiger partial charge on any atom is -0.493 e. The Kier molecular flexibility index (Phi) is 4.37. The van der Waals surface area contributed by atoms with Gasteiger partial charge in [-0.25, -0.2) is 0 Å². The summed E-state index contributed by atoms with van der Waals surface area (Å²) in [6.07, 6.45) is 0. The second-order valence-electron chi connectivity index (χ2n) is 5.17. The van der Waals surface area contributed by atoms with Gasteiger partial charge in [0.25, 0.3) is 6.01 Å². The molecule has 0 saturated carbocycles. The number of anilines is 1. The highest BCUT2D eigenvalue weighted by molar-refractivity contribution is 5.74. The third-order valence-corrected chi connectivity index (χ3v) is 3.76. The van der Waals surface area contributed by atoms with E-state index in [1.54, 1.807) is 14.2 Å². The molecule has 0 aliphatic heterocycles. The van der Waals surface area contributed by atoms with Gasteiger partial charge >= 0.3 is 0 Å². The van der Waals surface area contributed by atoms with E-state index >= 15 is 0 Å². The van der Waals surface area contributed by atoms with Gasteiger partial charge in [0.1, 0.15) is 5.52 Å². The van der Waals surface area contributed by atoms with Crippen molar-refractivity contribution in [2.24, 2.45) is 0 Å². The molecule has 0 bridgehead atoms. The maximum atomic E-state index is 5.85. The van der Waals surface area contributed by atoms with Crippen molar-refractivity contribution in [3.05, 3.63) is 48.0 Å². The van der Waals surface area contributed by atoms with Crippen LogP contribution in [0.5, 0.6) is 11.5 Å². The van der Waals surface area contributed by atoms with Gasteiger partial charge in [0, 0.05) is 13.1 Å². The maximum absolute atomic E-state index is 5.85. The average Bonchev–Trinajstić information content (AvgIpc) is 3.03. The van der Waals surface area contributed by atoms with Gasteiger partial charge in [-0.05, 0) is 36.8 Å². The number of methoxy groups -OCH3 is 2. The van der Waals surface area contributed by atoms with Crippen molar-refractivity contribution in [2.75, 3.05) is 25.7 Å². The molecule has 2 aromatic carbocycles. The summed E-state index contributed by atoms with van der Waals surface area (Å²) >= 11 is 0. The van der Waals surface area contributed by atoms with Crippen LogP contribution in [0.2, 0.25) is 0 Å². The van der Waals surface area contributed by atoms with Crippen LogP contribution >= 0.6 is 0 Å². The third-order valence-electron chi connectivity index (χ3n) is 3.76. The van der Waals surface area contributed by atoms with Crippen LogP contribution in [0.1, 0.15) is 12.5 Å². The number of rotatable bonds is 6. The van der Waals surface area contributed by atoms with Crippen LogP contribution in [-0.4, -0.2) is 25.7 Å². The van der Waals surface area contributed by atoms with Crippen molar-refractivity contribution in [2.45, 2.75) is 13.5 Å². The first-order valence-electron chi connectivity index (χ1n) is 7.56. The first-order valence-corrected chi connectivity index (χ1v) is 7.56. The van der Waals surface area contributed by atoms with Gasteiger partial charge in [-0.1, -0.05) is 18.2 Å². The molecular formula is C18H20N2O3. The van der Waals surface area contributed by atoms with Gasteiger partial charge in [-0.2, -0.15) is 4.98 Å². The van der Waals surface area contributed by atoms with Crippen molar-refractivity contribution in [1.82, 2.24) is 4.98 Å². The van der Waals surface area contributed by atoms with E-state index in [0.29, 0.717) is 12.6 Å². The lowest BCUT2D eigenvalue weighted by molar-refractivity contribution is 0.354. The summed E-state index contributed by atoms with van der Waals surface area (Å²) in [6.45, 7) is 3.56. The summed E-state index contributed by atoms with van der Waals surface area (Å²) in [5.41, 5.74) is 2.77. The monoisotopic (exact) mass is 312 g/mol. The summed E-state index contributed by atoms with van der Waals surface area (Å²) < 4.78 is 16.5. The largest absolute Gasteiger partial charge is 0.493 e. The molecule has 0 aliphatic carbocycles. The number of ether oxygens (including phenoxy) is 2. The lowest BCUT2D eigenvalue weighted by atomic mass is 10.2. The molecule has 0 spiro atoms. The number of fused-ring (bicyclic) bond motifs is 1. The van der Waals surface area contributed by atoms with E-state index < -0.39 is 0 Å². The van der Waals surface area contributed by atoms with E-state index in [4.69, 9.17) is 13.9 Å². The van der Waals surface area contributed by atoms with Crippen LogP contribution in [-0.2, 0) is 6.54 Å². The average molecular weight is 312 g/mol. The van der Waals surface area contributed by atoms with Crippen LogP contribution in [0.3, 0.4) is 0 Å². The van der Waals surface area contributed by atoms with Crippen molar-refractivity contribution in [3.63, 3.8) is 0 Å². The number of para-hydroxylation sites is 2. The fourth-order valence-corrected chi connectivity index (χ4v) is 2.51. The molecule has 0 atom stereocenters. The van der Waals surface area contributed by atoms with E-state index in [1.165, 1.54) is 0 Å². The summed E-state index contributed by atoms with van der Waals surface area (Å²) in [4.78, 5) is 6.64. The molecule has 0 fully saturated rings. The normalized spacial score (nSPS) is 10.7. The Morgan fingerprint density at radius 1 is 1.04 bits per heavy atom. The first kappa shape index (κ1) is 15.2. The van der Waals surface area contributed by atoms with Gasteiger partial charge in [0.05, 0.1) is 14.2 Å². The summed E-state index contributed by atoms with van der Waals surface area (Å²) in [5, 5.41) is 0. The Morgan fingerprint density at radius 2 is 1.83 bits per heavy atom. The minimum atomic E-state index is 0.628. The molecule has 3 aromatic rings. The molecule has 0 saturated heterocycles. The van der Waals surface area contributed by atoms with Crippen molar-refractivity contribution in [1.29, 1.82) is 0 Å². The van der Waals surface area contributed by atoms with Gasteiger partial charge in [-0.15, -0.1) is 0 Å². The Bertz CT molecular complexity index is 765. The molecule has 5 heteroatoms. The molecule has 120 valence electrons. The Balaban J connectivity index is 1.87. The Labute approximate surface area is 135 Å².